The third-order valence-electron chi connectivity index (χ3n) is 4.26. The van der Waals surface area contributed by atoms with Crippen molar-refractivity contribution in [2.24, 2.45) is 0 Å². The number of anilines is 2. The van der Waals surface area contributed by atoms with Crippen LogP contribution in [-0.4, -0.2) is 45.4 Å². The van der Waals surface area contributed by atoms with Gasteiger partial charge >= 0.3 is 0 Å². The molecule has 29 heavy (non-hydrogen) atoms. The van der Waals surface area contributed by atoms with Crippen molar-refractivity contribution < 1.29 is 17.9 Å². The van der Waals surface area contributed by atoms with Gasteiger partial charge in [0.2, 0.25) is 15.9 Å². The molecule has 154 valence electrons. The fraction of sp³-hybridized carbons (Fsp3) is 0.300. The molecule has 0 heterocycles. The number of amides is 1. The SMILES string of the molecule is CCN(CC)S(=O)(=O)c1ccc(OC)c(NC(=O)CNc2ccc(C#N)cc2)c1. The Balaban J connectivity index is 2.15. The van der Waals surface area contributed by atoms with Crippen LogP contribution in [0.4, 0.5) is 11.4 Å². The molecule has 1 amide bonds. The molecule has 2 N–H and O–H groups in total. The van der Waals surface area contributed by atoms with E-state index in [-0.39, 0.29) is 23.0 Å². The average Bonchev–Trinajstić information content (AvgIpc) is 2.73. The highest BCUT2D eigenvalue weighted by Crippen LogP contribution is 2.29. The number of rotatable bonds is 9. The summed E-state index contributed by atoms with van der Waals surface area (Å²) in [7, 11) is -2.22. The summed E-state index contributed by atoms with van der Waals surface area (Å²) in [6.07, 6.45) is 0. The van der Waals surface area contributed by atoms with E-state index in [1.54, 1.807) is 38.1 Å². The molecule has 2 aromatic carbocycles. The first-order valence-electron chi connectivity index (χ1n) is 9.07. The summed E-state index contributed by atoms with van der Waals surface area (Å²) in [6, 6.07) is 13.1. The maximum Gasteiger partial charge on any atom is 0.243 e. The first-order valence-corrected chi connectivity index (χ1v) is 10.5. The second-order valence-electron chi connectivity index (χ2n) is 6.04. The fourth-order valence-electron chi connectivity index (χ4n) is 2.70. The Hall–Kier alpha value is -3.09. The molecule has 8 nitrogen and oxygen atoms in total. The Morgan fingerprint density at radius 1 is 1.14 bits per heavy atom. The van der Waals surface area contributed by atoms with Gasteiger partial charge in [-0.3, -0.25) is 4.79 Å². The van der Waals surface area contributed by atoms with Gasteiger partial charge in [-0.2, -0.15) is 9.57 Å². The number of nitriles is 1. The fourth-order valence-corrected chi connectivity index (χ4v) is 4.18. The van der Waals surface area contributed by atoms with Crippen LogP contribution < -0.4 is 15.4 Å². The van der Waals surface area contributed by atoms with Gasteiger partial charge in [-0.05, 0) is 42.5 Å². The summed E-state index contributed by atoms with van der Waals surface area (Å²) < 4.78 is 32.0. The van der Waals surface area contributed by atoms with Crippen molar-refractivity contribution in [3.63, 3.8) is 0 Å². The largest absolute Gasteiger partial charge is 0.495 e. The van der Waals surface area contributed by atoms with Crippen LogP contribution in [0.25, 0.3) is 0 Å². The van der Waals surface area contributed by atoms with Crippen molar-refractivity contribution in [3.05, 3.63) is 48.0 Å². The van der Waals surface area contributed by atoms with Crippen molar-refractivity contribution in [1.82, 2.24) is 4.31 Å². The quantitative estimate of drug-likeness (QED) is 0.650. The van der Waals surface area contributed by atoms with Gasteiger partial charge in [0.15, 0.2) is 0 Å². The number of hydrogen-bond donors (Lipinski definition) is 2. The van der Waals surface area contributed by atoms with E-state index in [1.807, 2.05) is 6.07 Å². The van der Waals surface area contributed by atoms with Crippen LogP contribution in [0.1, 0.15) is 19.4 Å². The zero-order valence-electron chi connectivity index (χ0n) is 16.6. The van der Waals surface area contributed by atoms with Gasteiger partial charge in [0.05, 0.1) is 35.9 Å². The predicted molar refractivity (Wildman–Crippen MR) is 111 cm³/mol. The minimum Gasteiger partial charge on any atom is -0.495 e. The molecule has 0 bridgehead atoms. The maximum absolute atomic E-state index is 12.7. The third-order valence-corrected chi connectivity index (χ3v) is 6.30. The van der Waals surface area contributed by atoms with E-state index in [0.29, 0.717) is 30.1 Å². The maximum atomic E-state index is 12.7. The Bertz CT molecular complexity index is 994. The zero-order chi connectivity index (χ0) is 21.4. The molecule has 9 heteroatoms. The molecule has 0 atom stereocenters. The lowest BCUT2D eigenvalue weighted by Gasteiger charge is -2.19. The first kappa shape index (κ1) is 22.2. The van der Waals surface area contributed by atoms with Crippen LogP contribution in [0.5, 0.6) is 5.75 Å². The summed E-state index contributed by atoms with van der Waals surface area (Å²) in [4.78, 5) is 12.4. The van der Waals surface area contributed by atoms with Crippen molar-refractivity contribution in [3.8, 4) is 11.8 Å². The summed E-state index contributed by atoms with van der Waals surface area (Å²) in [5.74, 6) is -0.0136. The van der Waals surface area contributed by atoms with Gasteiger partial charge in [0, 0.05) is 18.8 Å². The Kier molecular flexibility index (Phi) is 7.59. The Morgan fingerprint density at radius 3 is 2.34 bits per heavy atom. The summed E-state index contributed by atoms with van der Waals surface area (Å²) >= 11 is 0. The van der Waals surface area contributed by atoms with Crippen LogP contribution in [0.15, 0.2) is 47.4 Å². The molecule has 0 radical (unpaired) electrons. The number of ether oxygens (including phenoxy) is 1. The summed E-state index contributed by atoms with van der Waals surface area (Å²) in [6.45, 7) is 4.19. The molecule has 2 rings (SSSR count). The van der Waals surface area contributed by atoms with Crippen LogP contribution in [0.2, 0.25) is 0 Å². The van der Waals surface area contributed by atoms with E-state index >= 15 is 0 Å². The lowest BCUT2D eigenvalue weighted by atomic mass is 10.2. The van der Waals surface area contributed by atoms with Crippen molar-refractivity contribution in [1.29, 1.82) is 5.26 Å². The second kappa shape index (κ2) is 9.91. The minimum absolute atomic E-state index is 0.0396. The average molecular weight is 417 g/mol. The second-order valence-corrected chi connectivity index (χ2v) is 7.98. The number of carbonyl (C=O) groups is 1. The highest BCUT2D eigenvalue weighted by atomic mass is 32.2. The van der Waals surface area contributed by atoms with E-state index in [0.717, 1.165) is 0 Å². The van der Waals surface area contributed by atoms with Crippen LogP contribution in [0, 0.1) is 11.3 Å². The van der Waals surface area contributed by atoms with E-state index in [1.165, 1.54) is 29.6 Å². The van der Waals surface area contributed by atoms with Gasteiger partial charge in [0.1, 0.15) is 5.75 Å². The van der Waals surface area contributed by atoms with E-state index in [2.05, 4.69) is 10.6 Å². The number of sulfonamides is 1. The highest BCUT2D eigenvalue weighted by Gasteiger charge is 2.23. The van der Waals surface area contributed by atoms with E-state index < -0.39 is 10.0 Å². The lowest BCUT2D eigenvalue weighted by Crippen LogP contribution is -2.30. The molecule has 0 saturated heterocycles. The number of benzene rings is 2. The van der Waals surface area contributed by atoms with Crippen molar-refractivity contribution >= 4 is 27.3 Å². The van der Waals surface area contributed by atoms with Gasteiger partial charge in [-0.15, -0.1) is 0 Å². The summed E-state index contributed by atoms with van der Waals surface area (Å²) in [5.41, 5.74) is 1.48. The standard InChI is InChI=1S/C20H24N4O4S/c1-4-24(5-2)29(26,27)17-10-11-19(28-3)18(12-17)23-20(25)14-22-16-8-6-15(13-21)7-9-16/h6-12,22H,4-5,14H2,1-3H3,(H,23,25). The molecule has 0 aliphatic rings. The van der Waals surface area contributed by atoms with Crippen molar-refractivity contribution in [2.75, 3.05) is 37.4 Å². The van der Waals surface area contributed by atoms with Gasteiger partial charge in [0.25, 0.3) is 0 Å². The molecular formula is C20H24N4O4S. The lowest BCUT2D eigenvalue weighted by molar-refractivity contribution is -0.114. The topological polar surface area (TPSA) is 112 Å². The Labute approximate surface area is 171 Å². The number of hydrogen-bond acceptors (Lipinski definition) is 6. The van der Waals surface area contributed by atoms with Crippen LogP contribution >= 0.6 is 0 Å². The zero-order valence-corrected chi connectivity index (χ0v) is 17.4. The molecule has 0 unspecified atom stereocenters. The van der Waals surface area contributed by atoms with Crippen LogP contribution in [-0.2, 0) is 14.8 Å². The molecule has 0 fully saturated rings. The normalized spacial score (nSPS) is 11.0. The number of nitrogens with zero attached hydrogens (tertiary/aromatic N) is 2. The summed E-state index contributed by atoms with van der Waals surface area (Å²) in [5, 5.41) is 14.4. The molecule has 2 aromatic rings. The smallest absolute Gasteiger partial charge is 0.243 e. The predicted octanol–water partition coefficient (Wildman–Crippen LogP) is 2.65. The minimum atomic E-state index is -3.66. The Morgan fingerprint density at radius 2 is 1.79 bits per heavy atom. The first-order chi connectivity index (χ1) is 13.8. The monoisotopic (exact) mass is 416 g/mol. The molecule has 0 aliphatic carbocycles. The number of carbonyl (C=O) groups excluding carboxylic acids is 1. The van der Waals surface area contributed by atoms with E-state index in [9.17, 15) is 13.2 Å². The van der Waals surface area contributed by atoms with E-state index in [4.69, 9.17) is 10.00 Å². The van der Waals surface area contributed by atoms with Gasteiger partial charge in [-0.25, -0.2) is 8.42 Å². The molecule has 0 aromatic heterocycles. The molecule has 0 spiro atoms. The number of methoxy groups -OCH3 is 1. The van der Waals surface area contributed by atoms with Gasteiger partial charge < -0.3 is 15.4 Å². The molecule has 0 saturated carbocycles. The van der Waals surface area contributed by atoms with Crippen molar-refractivity contribution in [2.45, 2.75) is 18.7 Å². The number of nitrogens with one attached hydrogen (secondary N) is 2. The molecular weight excluding hydrogens is 392 g/mol. The van der Waals surface area contributed by atoms with Gasteiger partial charge in [-0.1, -0.05) is 13.8 Å². The van der Waals surface area contributed by atoms with Crippen LogP contribution in [0.3, 0.4) is 0 Å². The molecule has 0 aliphatic heterocycles. The third kappa shape index (κ3) is 5.47. The highest BCUT2D eigenvalue weighted by molar-refractivity contribution is 7.89.